The van der Waals surface area contributed by atoms with Gasteiger partial charge in [-0.15, -0.1) is 0 Å². The zero-order valence-electron chi connectivity index (χ0n) is 12.3. The van der Waals surface area contributed by atoms with Gasteiger partial charge < -0.3 is 10.2 Å². The Morgan fingerprint density at radius 3 is 2.80 bits per heavy atom. The van der Waals surface area contributed by atoms with Crippen LogP contribution in [0.4, 0.5) is 5.69 Å². The lowest BCUT2D eigenvalue weighted by Crippen LogP contribution is -2.40. The second-order valence-electron chi connectivity index (χ2n) is 5.57. The van der Waals surface area contributed by atoms with E-state index in [2.05, 4.69) is 29.3 Å². The van der Waals surface area contributed by atoms with Crippen molar-refractivity contribution in [3.63, 3.8) is 0 Å². The van der Waals surface area contributed by atoms with Crippen LogP contribution in [-0.4, -0.2) is 39.6 Å². The molecule has 1 unspecified atom stereocenters. The maximum atomic E-state index is 11.4. The SMILES string of the molecule is CCCC1CN(CCS(C)(=O)=O)c2ccccc2CN1. The van der Waals surface area contributed by atoms with E-state index < -0.39 is 9.84 Å². The molecule has 0 aromatic heterocycles. The van der Waals surface area contributed by atoms with Crippen molar-refractivity contribution >= 4 is 15.5 Å². The topological polar surface area (TPSA) is 49.4 Å². The molecule has 4 nitrogen and oxygen atoms in total. The first-order chi connectivity index (χ1) is 9.49. The van der Waals surface area contributed by atoms with Gasteiger partial charge in [-0.3, -0.25) is 0 Å². The van der Waals surface area contributed by atoms with E-state index in [1.807, 2.05) is 12.1 Å². The zero-order valence-corrected chi connectivity index (χ0v) is 13.1. The predicted octanol–water partition coefficient (Wildman–Crippen LogP) is 1.81. The smallest absolute Gasteiger partial charge is 0.149 e. The average Bonchev–Trinajstić information content (AvgIpc) is 2.56. The molecule has 1 heterocycles. The Labute approximate surface area is 122 Å². The minimum atomic E-state index is -2.93. The summed E-state index contributed by atoms with van der Waals surface area (Å²) in [6, 6.07) is 8.69. The molecule has 1 aliphatic heterocycles. The van der Waals surface area contributed by atoms with Crippen LogP contribution in [0.25, 0.3) is 0 Å². The van der Waals surface area contributed by atoms with Crippen molar-refractivity contribution in [1.82, 2.24) is 5.32 Å². The van der Waals surface area contributed by atoms with E-state index in [0.717, 1.165) is 25.9 Å². The third-order valence-corrected chi connectivity index (χ3v) is 4.65. The van der Waals surface area contributed by atoms with Gasteiger partial charge in [-0.05, 0) is 18.1 Å². The number of para-hydroxylation sites is 1. The van der Waals surface area contributed by atoms with E-state index >= 15 is 0 Å². The molecule has 1 N–H and O–H groups in total. The number of anilines is 1. The van der Waals surface area contributed by atoms with Gasteiger partial charge in [0.15, 0.2) is 0 Å². The molecule has 1 aromatic carbocycles. The van der Waals surface area contributed by atoms with Crippen LogP contribution in [0.2, 0.25) is 0 Å². The van der Waals surface area contributed by atoms with Gasteiger partial charge in [0.2, 0.25) is 0 Å². The first-order valence-electron chi connectivity index (χ1n) is 7.23. The molecule has 2 rings (SSSR count). The van der Waals surface area contributed by atoms with Crippen molar-refractivity contribution < 1.29 is 8.42 Å². The summed E-state index contributed by atoms with van der Waals surface area (Å²) in [5.74, 6) is 0.209. The normalized spacial score (nSPS) is 19.5. The highest BCUT2D eigenvalue weighted by Gasteiger charge is 2.21. The van der Waals surface area contributed by atoms with Gasteiger partial charge in [0.05, 0.1) is 5.75 Å². The highest BCUT2D eigenvalue weighted by molar-refractivity contribution is 7.90. The number of fused-ring (bicyclic) bond motifs is 1. The highest BCUT2D eigenvalue weighted by Crippen LogP contribution is 2.24. The van der Waals surface area contributed by atoms with Crippen LogP contribution >= 0.6 is 0 Å². The van der Waals surface area contributed by atoms with E-state index in [0.29, 0.717) is 12.6 Å². The van der Waals surface area contributed by atoms with Crippen LogP contribution < -0.4 is 10.2 Å². The van der Waals surface area contributed by atoms with Gasteiger partial charge >= 0.3 is 0 Å². The van der Waals surface area contributed by atoms with Gasteiger partial charge in [-0.25, -0.2) is 8.42 Å². The lowest BCUT2D eigenvalue weighted by atomic mass is 10.1. The Balaban J connectivity index is 2.19. The third kappa shape index (κ3) is 4.21. The first-order valence-corrected chi connectivity index (χ1v) is 9.29. The number of hydrogen-bond acceptors (Lipinski definition) is 4. The standard InChI is InChI=1S/C15H24N2O2S/c1-3-6-14-12-17(9-10-20(2,18)19)15-8-5-4-7-13(15)11-16-14/h4-5,7-8,14,16H,3,6,9-12H2,1-2H3. The van der Waals surface area contributed by atoms with Crippen molar-refractivity contribution in [2.24, 2.45) is 0 Å². The summed E-state index contributed by atoms with van der Waals surface area (Å²) in [5.41, 5.74) is 2.42. The number of nitrogens with zero attached hydrogens (tertiary/aromatic N) is 1. The van der Waals surface area contributed by atoms with Gasteiger partial charge in [-0.2, -0.15) is 0 Å². The van der Waals surface area contributed by atoms with Gasteiger partial charge in [0.1, 0.15) is 9.84 Å². The molecule has 1 aromatic rings. The Hall–Kier alpha value is -1.07. The molecule has 1 atom stereocenters. The molecule has 0 amide bonds. The van der Waals surface area contributed by atoms with E-state index in [1.54, 1.807) is 0 Å². The number of sulfone groups is 1. The third-order valence-electron chi connectivity index (χ3n) is 3.72. The number of nitrogens with one attached hydrogen (secondary N) is 1. The Bertz CT molecular complexity index is 543. The van der Waals surface area contributed by atoms with Crippen molar-refractivity contribution in [2.45, 2.75) is 32.4 Å². The summed E-state index contributed by atoms with van der Waals surface area (Å²) in [6.07, 6.45) is 3.55. The van der Waals surface area contributed by atoms with Crippen molar-refractivity contribution in [3.8, 4) is 0 Å². The van der Waals surface area contributed by atoms with E-state index in [-0.39, 0.29) is 5.75 Å². The van der Waals surface area contributed by atoms with Crippen molar-refractivity contribution in [1.29, 1.82) is 0 Å². The van der Waals surface area contributed by atoms with Crippen molar-refractivity contribution in [3.05, 3.63) is 29.8 Å². The molecule has 0 bridgehead atoms. The quantitative estimate of drug-likeness (QED) is 0.900. The highest BCUT2D eigenvalue weighted by atomic mass is 32.2. The van der Waals surface area contributed by atoms with Crippen LogP contribution in [0, 0.1) is 0 Å². The number of hydrogen-bond donors (Lipinski definition) is 1. The summed E-state index contributed by atoms with van der Waals surface area (Å²) in [7, 11) is -2.93. The molecule has 0 spiro atoms. The fraction of sp³-hybridized carbons (Fsp3) is 0.600. The molecular weight excluding hydrogens is 272 g/mol. The molecule has 5 heteroatoms. The van der Waals surface area contributed by atoms with Crippen LogP contribution in [0.5, 0.6) is 0 Å². The predicted molar refractivity (Wildman–Crippen MR) is 83.9 cm³/mol. The molecule has 1 aliphatic rings. The summed E-state index contributed by atoms with van der Waals surface area (Å²) < 4.78 is 22.9. The minimum absolute atomic E-state index is 0.209. The monoisotopic (exact) mass is 296 g/mol. The second kappa shape index (κ2) is 6.59. The lowest BCUT2D eigenvalue weighted by molar-refractivity contribution is 0.482. The Kier molecular flexibility index (Phi) is 5.05. The summed E-state index contributed by atoms with van der Waals surface area (Å²) in [6.45, 7) is 4.48. The van der Waals surface area contributed by atoms with Crippen molar-refractivity contribution in [2.75, 3.05) is 30.0 Å². The van der Waals surface area contributed by atoms with Gasteiger partial charge in [0.25, 0.3) is 0 Å². The summed E-state index contributed by atoms with van der Waals surface area (Å²) >= 11 is 0. The van der Waals surface area contributed by atoms with E-state index in [4.69, 9.17) is 0 Å². The maximum Gasteiger partial charge on any atom is 0.149 e. The zero-order chi connectivity index (χ0) is 14.6. The fourth-order valence-corrected chi connectivity index (χ4v) is 3.23. The maximum absolute atomic E-state index is 11.4. The Morgan fingerprint density at radius 1 is 1.35 bits per heavy atom. The summed E-state index contributed by atoms with van der Waals surface area (Å²) in [5, 5.41) is 3.57. The fourth-order valence-electron chi connectivity index (χ4n) is 2.68. The average molecular weight is 296 g/mol. The van der Waals surface area contributed by atoms with Gasteiger partial charge in [0, 0.05) is 37.6 Å². The molecule has 0 aliphatic carbocycles. The molecular formula is C15H24N2O2S. The lowest BCUT2D eigenvalue weighted by Gasteiger charge is -2.27. The van der Waals surface area contributed by atoms with Crippen LogP contribution in [0.1, 0.15) is 25.3 Å². The number of rotatable bonds is 5. The number of benzene rings is 1. The minimum Gasteiger partial charge on any atom is -0.369 e. The molecule has 0 saturated heterocycles. The molecule has 0 fully saturated rings. The van der Waals surface area contributed by atoms with Gasteiger partial charge in [-0.1, -0.05) is 31.5 Å². The second-order valence-corrected chi connectivity index (χ2v) is 7.83. The van der Waals surface area contributed by atoms with Crippen LogP contribution in [0.15, 0.2) is 24.3 Å². The van der Waals surface area contributed by atoms with Crippen LogP contribution in [-0.2, 0) is 16.4 Å². The molecule has 0 saturated carbocycles. The Morgan fingerprint density at radius 2 is 2.10 bits per heavy atom. The van der Waals surface area contributed by atoms with E-state index in [9.17, 15) is 8.42 Å². The first kappa shape index (κ1) is 15.3. The largest absolute Gasteiger partial charge is 0.369 e. The van der Waals surface area contributed by atoms with E-state index in [1.165, 1.54) is 17.5 Å². The molecule has 0 radical (unpaired) electrons. The molecule has 20 heavy (non-hydrogen) atoms. The van der Waals surface area contributed by atoms with Crippen LogP contribution in [0.3, 0.4) is 0 Å². The molecule has 112 valence electrons. The summed E-state index contributed by atoms with van der Waals surface area (Å²) in [4.78, 5) is 2.22.